The van der Waals surface area contributed by atoms with E-state index in [9.17, 15) is 14.7 Å². The lowest BCUT2D eigenvalue weighted by molar-refractivity contribution is -0.873. The molecular weight excluding hydrogens is 418 g/mol. The van der Waals surface area contributed by atoms with Gasteiger partial charge in [-0.05, 0) is 50.8 Å². The minimum Gasteiger partial charge on any atom is -0.550 e. The van der Waals surface area contributed by atoms with Gasteiger partial charge in [-0.2, -0.15) is 0 Å². The lowest BCUT2D eigenvalue weighted by Gasteiger charge is -2.29. The number of hydrogen-bond donors (Lipinski definition) is 0. The van der Waals surface area contributed by atoms with Gasteiger partial charge in [-0.1, -0.05) is 44.6 Å². The van der Waals surface area contributed by atoms with Crippen LogP contribution in [0.1, 0.15) is 93.8 Å². The van der Waals surface area contributed by atoms with E-state index in [0.717, 1.165) is 43.6 Å². The van der Waals surface area contributed by atoms with Gasteiger partial charge in [-0.3, -0.25) is 4.79 Å². The zero-order valence-corrected chi connectivity index (χ0v) is 21.7. The van der Waals surface area contributed by atoms with Crippen LogP contribution in [-0.2, 0) is 20.7 Å². The largest absolute Gasteiger partial charge is 0.550 e. The predicted molar refractivity (Wildman–Crippen MR) is 131 cm³/mol. The van der Waals surface area contributed by atoms with Crippen molar-refractivity contribution in [2.45, 2.75) is 97.5 Å². The molecule has 0 radical (unpaired) electrons. The Morgan fingerprint density at radius 1 is 0.970 bits per heavy atom. The molecule has 1 atom stereocenters. The van der Waals surface area contributed by atoms with Crippen molar-refractivity contribution >= 4 is 18.0 Å². The maximum atomic E-state index is 12.1. The average Bonchev–Trinajstić information content (AvgIpc) is 2.96. The molecule has 1 heterocycles. The molecule has 1 rings (SSSR count). The zero-order chi connectivity index (χ0) is 24.9. The second kappa shape index (κ2) is 14.9. The monoisotopic (exact) mass is 463 g/mol. The Labute approximate surface area is 200 Å². The first-order valence-corrected chi connectivity index (χ1v) is 12.4. The standard InChI is InChI=1S/C27H45NO5/c1-7-16-24-21(2)22(3)25(33-24)17-14-12-10-8-9-11-13-15-18-27(31)32-23(19-26(29)30)20-28(4,5)6/h7,16,23H,8-15,17-20H2,1-6H3/b16-7+. The average molecular weight is 464 g/mol. The van der Waals surface area contributed by atoms with Crippen LogP contribution in [0, 0.1) is 13.8 Å². The third kappa shape index (κ3) is 12.7. The normalized spacial score (nSPS) is 12.9. The van der Waals surface area contributed by atoms with Crippen LogP contribution in [0.4, 0.5) is 0 Å². The van der Waals surface area contributed by atoms with Gasteiger partial charge in [0, 0.05) is 25.2 Å². The SMILES string of the molecule is C/C=C/c1oc(CCCCCCCCCCC(=O)OC(CC(=O)[O-])C[N+](C)(C)C)c(C)c1C. The molecule has 0 N–H and O–H groups in total. The number of hydrogen-bond acceptors (Lipinski definition) is 5. The number of rotatable bonds is 17. The van der Waals surface area contributed by atoms with Crippen LogP contribution >= 0.6 is 0 Å². The molecular formula is C27H45NO5. The summed E-state index contributed by atoms with van der Waals surface area (Å²) in [4.78, 5) is 23.0. The molecule has 0 saturated carbocycles. The maximum Gasteiger partial charge on any atom is 0.306 e. The summed E-state index contributed by atoms with van der Waals surface area (Å²) in [5.41, 5.74) is 2.53. The van der Waals surface area contributed by atoms with E-state index in [2.05, 4.69) is 13.8 Å². The molecule has 1 aromatic rings. The van der Waals surface area contributed by atoms with Crippen molar-refractivity contribution in [1.82, 2.24) is 0 Å². The molecule has 33 heavy (non-hydrogen) atoms. The van der Waals surface area contributed by atoms with E-state index in [4.69, 9.17) is 9.15 Å². The smallest absolute Gasteiger partial charge is 0.306 e. The number of unbranched alkanes of at least 4 members (excludes halogenated alkanes) is 7. The van der Waals surface area contributed by atoms with Crippen LogP contribution in [0.25, 0.3) is 6.08 Å². The highest BCUT2D eigenvalue weighted by Gasteiger charge is 2.22. The number of aryl methyl sites for hydroxylation is 1. The van der Waals surface area contributed by atoms with Crippen molar-refractivity contribution in [2.24, 2.45) is 0 Å². The predicted octanol–water partition coefficient (Wildman–Crippen LogP) is 4.74. The minimum absolute atomic E-state index is 0.253. The quantitative estimate of drug-likeness (QED) is 0.189. The molecule has 0 bridgehead atoms. The van der Waals surface area contributed by atoms with Crippen molar-refractivity contribution in [3.05, 3.63) is 28.7 Å². The summed E-state index contributed by atoms with van der Waals surface area (Å²) >= 11 is 0. The van der Waals surface area contributed by atoms with Gasteiger partial charge in [0.05, 0.1) is 21.1 Å². The number of carboxylic acid groups (broad SMARTS) is 1. The van der Waals surface area contributed by atoms with Crippen LogP contribution < -0.4 is 5.11 Å². The van der Waals surface area contributed by atoms with Gasteiger partial charge < -0.3 is 23.5 Å². The molecule has 0 saturated heterocycles. The second-order valence-corrected chi connectivity index (χ2v) is 10.1. The second-order valence-electron chi connectivity index (χ2n) is 10.1. The lowest BCUT2D eigenvalue weighted by atomic mass is 10.0. The Bertz CT molecular complexity index is 757. The number of allylic oxidation sites excluding steroid dienone is 1. The molecule has 0 spiro atoms. The van der Waals surface area contributed by atoms with Crippen LogP contribution in [0.2, 0.25) is 0 Å². The fraction of sp³-hybridized carbons (Fsp3) is 0.704. The molecule has 0 aliphatic rings. The van der Waals surface area contributed by atoms with Crippen LogP contribution in [0.15, 0.2) is 10.5 Å². The number of esters is 1. The Morgan fingerprint density at radius 3 is 2.09 bits per heavy atom. The first kappa shape index (κ1) is 29.0. The fourth-order valence-corrected chi connectivity index (χ4v) is 4.03. The first-order chi connectivity index (χ1) is 15.5. The van der Waals surface area contributed by atoms with Gasteiger partial charge in [0.2, 0.25) is 0 Å². The number of carbonyl (C=O) groups is 2. The van der Waals surface area contributed by atoms with Crippen LogP contribution in [0.3, 0.4) is 0 Å². The van der Waals surface area contributed by atoms with E-state index in [1.54, 1.807) is 0 Å². The number of carbonyl (C=O) groups excluding carboxylic acids is 2. The minimum atomic E-state index is -1.19. The number of aliphatic carboxylic acids is 1. The summed E-state index contributed by atoms with van der Waals surface area (Å²) in [6.07, 6.45) is 13.3. The molecule has 188 valence electrons. The van der Waals surface area contributed by atoms with Gasteiger partial charge in [0.1, 0.15) is 18.1 Å². The fourth-order valence-electron chi connectivity index (χ4n) is 4.03. The summed E-state index contributed by atoms with van der Waals surface area (Å²) < 4.78 is 11.9. The molecule has 6 nitrogen and oxygen atoms in total. The van der Waals surface area contributed by atoms with Crippen molar-refractivity contribution in [1.29, 1.82) is 0 Å². The molecule has 6 heteroatoms. The Morgan fingerprint density at radius 2 is 1.55 bits per heavy atom. The maximum absolute atomic E-state index is 12.1. The van der Waals surface area contributed by atoms with Crippen molar-refractivity contribution in [3.63, 3.8) is 0 Å². The van der Waals surface area contributed by atoms with E-state index in [0.29, 0.717) is 17.4 Å². The molecule has 0 aliphatic carbocycles. The Balaban J connectivity index is 2.12. The van der Waals surface area contributed by atoms with Crippen LogP contribution in [-0.4, -0.2) is 50.2 Å². The number of quaternary nitrogens is 1. The van der Waals surface area contributed by atoms with E-state index < -0.39 is 12.1 Å². The number of ether oxygens (including phenoxy) is 1. The zero-order valence-electron chi connectivity index (χ0n) is 21.7. The van der Waals surface area contributed by atoms with Gasteiger partial charge >= 0.3 is 5.97 Å². The Hall–Kier alpha value is -2.08. The highest BCUT2D eigenvalue weighted by Crippen LogP contribution is 2.24. The van der Waals surface area contributed by atoms with Crippen molar-refractivity contribution in [3.8, 4) is 0 Å². The first-order valence-electron chi connectivity index (χ1n) is 12.4. The van der Waals surface area contributed by atoms with Gasteiger partial charge in [0.25, 0.3) is 0 Å². The summed E-state index contributed by atoms with van der Waals surface area (Å²) in [6.45, 7) is 6.72. The van der Waals surface area contributed by atoms with Crippen molar-refractivity contribution in [2.75, 3.05) is 27.7 Å². The number of likely N-dealkylation sites (N-methyl/N-ethyl adjacent to an activating group) is 1. The summed E-state index contributed by atoms with van der Waals surface area (Å²) in [7, 11) is 5.82. The number of furan rings is 1. The number of nitrogens with zero attached hydrogens (tertiary/aromatic N) is 1. The van der Waals surface area contributed by atoms with Crippen molar-refractivity contribution < 1.29 is 28.3 Å². The van der Waals surface area contributed by atoms with E-state index in [-0.39, 0.29) is 12.4 Å². The molecule has 0 amide bonds. The summed E-state index contributed by atoms with van der Waals surface area (Å²) in [5.74, 6) is 0.609. The van der Waals surface area contributed by atoms with Gasteiger partial charge in [-0.15, -0.1) is 0 Å². The molecule has 0 fully saturated rings. The highest BCUT2D eigenvalue weighted by molar-refractivity contribution is 5.70. The lowest BCUT2D eigenvalue weighted by Crippen LogP contribution is -2.45. The van der Waals surface area contributed by atoms with Gasteiger partial charge in [-0.25, -0.2) is 0 Å². The molecule has 0 aliphatic heterocycles. The molecule has 0 aromatic carbocycles. The number of carboxylic acids is 1. The Kier molecular flexibility index (Phi) is 13.1. The molecule has 1 aromatic heterocycles. The summed E-state index contributed by atoms with van der Waals surface area (Å²) in [6, 6.07) is 0. The topological polar surface area (TPSA) is 79.6 Å². The van der Waals surface area contributed by atoms with E-state index in [1.165, 1.54) is 36.8 Å². The molecule has 1 unspecified atom stereocenters. The van der Waals surface area contributed by atoms with E-state index in [1.807, 2.05) is 40.2 Å². The summed E-state index contributed by atoms with van der Waals surface area (Å²) in [5, 5.41) is 10.9. The third-order valence-corrected chi connectivity index (χ3v) is 5.88. The third-order valence-electron chi connectivity index (χ3n) is 5.88. The van der Waals surface area contributed by atoms with E-state index >= 15 is 0 Å². The van der Waals surface area contributed by atoms with Gasteiger partial charge in [0.15, 0.2) is 6.10 Å². The van der Waals surface area contributed by atoms with Crippen LogP contribution in [0.5, 0.6) is 0 Å². The highest BCUT2D eigenvalue weighted by atomic mass is 16.5.